The lowest BCUT2D eigenvalue weighted by Gasteiger charge is -2.02. The maximum absolute atomic E-state index is 12.6. The first-order chi connectivity index (χ1) is 13.1. The van der Waals surface area contributed by atoms with E-state index in [9.17, 15) is 14.4 Å². The first kappa shape index (κ1) is 16.9. The second-order valence-corrected chi connectivity index (χ2v) is 6.04. The van der Waals surface area contributed by atoms with Crippen molar-refractivity contribution < 1.29 is 19.1 Å². The minimum absolute atomic E-state index is 0.0137. The Balaban J connectivity index is 2.00. The van der Waals surface area contributed by atoms with Crippen LogP contribution in [0.25, 0.3) is 22.2 Å². The molecule has 2 amide bonds. The fourth-order valence-corrected chi connectivity index (χ4v) is 3.26. The predicted molar refractivity (Wildman–Crippen MR) is 96.4 cm³/mol. The molecule has 0 unspecified atom stereocenters. The van der Waals surface area contributed by atoms with Crippen LogP contribution in [0.4, 0.5) is 0 Å². The number of amides is 2. The van der Waals surface area contributed by atoms with Gasteiger partial charge in [0.05, 0.1) is 23.0 Å². The number of rotatable bonds is 5. The maximum atomic E-state index is 12.6. The van der Waals surface area contributed by atoms with E-state index in [1.807, 2.05) is 4.57 Å². The van der Waals surface area contributed by atoms with Crippen molar-refractivity contribution in [3.8, 4) is 0 Å². The number of carbonyl (C=O) groups is 2. The second-order valence-electron chi connectivity index (χ2n) is 6.04. The lowest BCUT2D eigenvalue weighted by Crippen LogP contribution is -2.23. The summed E-state index contributed by atoms with van der Waals surface area (Å²) in [5, 5.41) is 12.0. The molecule has 136 valence electrons. The molecular formula is C19H15N3O5. The quantitative estimate of drug-likeness (QED) is 0.651. The van der Waals surface area contributed by atoms with Gasteiger partial charge in [0.25, 0.3) is 11.8 Å². The number of hydrogen-bond donors (Lipinski definition) is 2. The molecule has 3 aromatic heterocycles. The summed E-state index contributed by atoms with van der Waals surface area (Å²) in [6.45, 7) is 0.509. The highest BCUT2D eigenvalue weighted by Gasteiger charge is 2.35. The summed E-state index contributed by atoms with van der Waals surface area (Å²) in [4.78, 5) is 41.4. The Morgan fingerprint density at radius 3 is 2.59 bits per heavy atom. The summed E-state index contributed by atoms with van der Waals surface area (Å²) in [5.41, 5.74) is 0.546. The molecule has 1 aliphatic heterocycles. The molecule has 0 spiro atoms. The van der Waals surface area contributed by atoms with Gasteiger partial charge >= 0.3 is 5.63 Å². The number of nitrogens with one attached hydrogen (secondary N) is 1. The Bertz CT molecular complexity index is 1160. The number of carbonyl (C=O) groups excluding carboxylic acids is 2. The van der Waals surface area contributed by atoms with Crippen molar-refractivity contribution in [2.75, 3.05) is 6.61 Å². The SMILES string of the molecule is O=C1NC(=O)C(c2cn(CCCO)c3ncccc23)=C1c1cccoc1=O. The molecule has 8 nitrogen and oxygen atoms in total. The normalized spacial score (nSPS) is 14.3. The van der Waals surface area contributed by atoms with E-state index in [0.717, 1.165) is 0 Å². The summed E-state index contributed by atoms with van der Waals surface area (Å²) in [5.74, 6) is -1.23. The number of aryl methyl sites for hydroxylation is 1. The molecule has 0 saturated carbocycles. The van der Waals surface area contributed by atoms with Crippen LogP contribution in [-0.4, -0.2) is 33.1 Å². The predicted octanol–water partition coefficient (Wildman–Crippen LogP) is 0.939. The Morgan fingerprint density at radius 1 is 1.07 bits per heavy atom. The minimum atomic E-state index is -0.697. The molecule has 0 atom stereocenters. The van der Waals surface area contributed by atoms with Crippen molar-refractivity contribution in [2.24, 2.45) is 0 Å². The van der Waals surface area contributed by atoms with Gasteiger partial charge in [-0.05, 0) is 30.7 Å². The Labute approximate surface area is 152 Å². The van der Waals surface area contributed by atoms with Crippen LogP contribution in [0.1, 0.15) is 17.5 Å². The standard InChI is InChI=1S/C19H15N3O5/c23-8-3-7-22-10-13(11-4-1-6-20-16(11)22)15-14(17(24)21-18(15)25)12-5-2-9-27-19(12)26/h1-2,4-6,9-10,23H,3,7-8H2,(H,21,24,25). The van der Waals surface area contributed by atoms with E-state index in [1.165, 1.54) is 18.4 Å². The fourth-order valence-electron chi connectivity index (χ4n) is 3.26. The van der Waals surface area contributed by atoms with Crippen molar-refractivity contribution in [3.63, 3.8) is 0 Å². The summed E-state index contributed by atoms with van der Waals surface area (Å²) < 4.78 is 6.67. The van der Waals surface area contributed by atoms with Gasteiger partial charge in [0.15, 0.2) is 0 Å². The van der Waals surface area contributed by atoms with Gasteiger partial charge in [0.2, 0.25) is 0 Å². The Morgan fingerprint density at radius 2 is 1.85 bits per heavy atom. The number of aliphatic hydroxyl groups is 1. The van der Waals surface area contributed by atoms with Gasteiger partial charge in [-0.2, -0.15) is 0 Å². The van der Waals surface area contributed by atoms with E-state index >= 15 is 0 Å². The van der Waals surface area contributed by atoms with Crippen LogP contribution in [0.3, 0.4) is 0 Å². The topological polar surface area (TPSA) is 114 Å². The number of nitrogens with zero attached hydrogens (tertiary/aromatic N) is 2. The molecular weight excluding hydrogens is 350 g/mol. The molecule has 2 N–H and O–H groups in total. The smallest absolute Gasteiger partial charge is 0.343 e. The van der Waals surface area contributed by atoms with E-state index in [0.29, 0.717) is 29.6 Å². The molecule has 0 radical (unpaired) electrons. The average Bonchev–Trinajstić information content (AvgIpc) is 3.17. The Kier molecular flexibility index (Phi) is 4.17. The van der Waals surface area contributed by atoms with Crippen LogP contribution in [0.2, 0.25) is 0 Å². The van der Waals surface area contributed by atoms with Gasteiger partial charge in [-0.15, -0.1) is 0 Å². The van der Waals surface area contributed by atoms with E-state index in [-0.39, 0.29) is 23.3 Å². The van der Waals surface area contributed by atoms with Crippen LogP contribution in [0.5, 0.6) is 0 Å². The van der Waals surface area contributed by atoms with Crippen LogP contribution >= 0.6 is 0 Å². The fraction of sp³-hybridized carbons (Fsp3) is 0.158. The molecule has 4 rings (SSSR count). The molecule has 27 heavy (non-hydrogen) atoms. The van der Waals surface area contributed by atoms with E-state index in [2.05, 4.69) is 10.3 Å². The van der Waals surface area contributed by atoms with E-state index in [1.54, 1.807) is 24.5 Å². The molecule has 8 heteroatoms. The molecule has 4 heterocycles. The van der Waals surface area contributed by atoms with Crippen molar-refractivity contribution >= 4 is 34.0 Å². The summed E-state index contributed by atoms with van der Waals surface area (Å²) in [6, 6.07) is 6.46. The molecule has 0 saturated heterocycles. The van der Waals surface area contributed by atoms with Gasteiger partial charge in [-0.25, -0.2) is 9.78 Å². The minimum Gasteiger partial charge on any atom is -0.431 e. The average molecular weight is 365 g/mol. The molecule has 1 aliphatic rings. The number of fused-ring (bicyclic) bond motifs is 1. The van der Waals surface area contributed by atoms with Gasteiger partial charge in [0.1, 0.15) is 5.65 Å². The van der Waals surface area contributed by atoms with Crippen LogP contribution < -0.4 is 10.9 Å². The van der Waals surface area contributed by atoms with Crippen LogP contribution in [0, 0.1) is 0 Å². The highest BCUT2D eigenvalue weighted by molar-refractivity contribution is 6.49. The summed E-state index contributed by atoms with van der Waals surface area (Å²) in [7, 11) is 0. The largest absolute Gasteiger partial charge is 0.431 e. The summed E-state index contributed by atoms with van der Waals surface area (Å²) >= 11 is 0. The molecule has 0 fully saturated rings. The van der Waals surface area contributed by atoms with Crippen molar-refractivity contribution in [3.05, 3.63) is 64.5 Å². The number of aliphatic hydroxyl groups excluding tert-OH is 1. The first-order valence-electron chi connectivity index (χ1n) is 8.35. The maximum Gasteiger partial charge on any atom is 0.343 e. The first-order valence-corrected chi connectivity index (χ1v) is 8.35. The zero-order chi connectivity index (χ0) is 19.0. The molecule has 3 aromatic rings. The van der Waals surface area contributed by atoms with Gasteiger partial charge < -0.3 is 14.1 Å². The third kappa shape index (κ3) is 2.76. The third-order valence-electron chi connectivity index (χ3n) is 4.40. The van der Waals surface area contributed by atoms with Gasteiger partial charge in [0, 0.05) is 36.5 Å². The number of aromatic nitrogens is 2. The van der Waals surface area contributed by atoms with Crippen LogP contribution in [-0.2, 0) is 16.1 Å². The van der Waals surface area contributed by atoms with Crippen molar-refractivity contribution in [1.29, 1.82) is 0 Å². The zero-order valence-corrected chi connectivity index (χ0v) is 14.1. The second kappa shape index (κ2) is 6.65. The van der Waals surface area contributed by atoms with E-state index in [4.69, 9.17) is 9.52 Å². The highest BCUT2D eigenvalue weighted by atomic mass is 16.4. The van der Waals surface area contributed by atoms with Gasteiger partial charge in [-0.1, -0.05) is 0 Å². The monoisotopic (exact) mass is 365 g/mol. The molecule has 0 aromatic carbocycles. The lowest BCUT2D eigenvalue weighted by molar-refractivity contribution is -0.122. The van der Waals surface area contributed by atoms with Gasteiger partial charge in [-0.3, -0.25) is 14.9 Å². The lowest BCUT2D eigenvalue weighted by atomic mass is 9.97. The Hall–Kier alpha value is -3.52. The van der Waals surface area contributed by atoms with Crippen molar-refractivity contribution in [1.82, 2.24) is 14.9 Å². The third-order valence-corrected chi connectivity index (χ3v) is 4.40. The van der Waals surface area contributed by atoms with E-state index < -0.39 is 17.4 Å². The zero-order valence-electron chi connectivity index (χ0n) is 14.1. The summed E-state index contributed by atoms with van der Waals surface area (Å²) in [6.07, 6.45) is 5.07. The number of pyridine rings is 1. The number of hydrogen-bond acceptors (Lipinski definition) is 6. The molecule has 0 aliphatic carbocycles. The highest BCUT2D eigenvalue weighted by Crippen LogP contribution is 2.34. The molecule has 0 bridgehead atoms. The van der Waals surface area contributed by atoms with Crippen molar-refractivity contribution in [2.45, 2.75) is 13.0 Å². The number of imide groups is 1. The van der Waals surface area contributed by atoms with Crippen LogP contribution in [0.15, 0.2) is 52.1 Å².